The second-order valence-corrected chi connectivity index (χ2v) is 9.48. The predicted molar refractivity (Wildman–Crippen MR) is 143 cm³/mol. The van der Waals surface area contributed by atoms with Gasteiger partial charge in [-0.3, -0.25) is 5.43 Å². The lowest BCUT2D eigenvalue weighted by molar-refractivity contribution is 0.0729. The van der Waals surface area contributed by atoms with Gasteiger partial charge in [-0.1, -0.05) is 46.4 Å². The molecule has 178 valence electrons. The van der Waals surface area contributed by atoms with E-state index >= 15 is 0 Å². The Balaban J connectivity index is 1.43. The van der Waals surface area contributed by atoms with Gasteiger partial charge in [0, 0.05) is 16.0 Å². The van der Waals surface area contributed by atoms with Gasteiger partial charge in [-0.05, 0) is 60.2 Å². The van der Waals surface area contributed by atoms with Crippen molar-refractivity contribution in [3.05, 3.63) is 91.2 Å². The van der Waals surface area contributed by atoms with Crippen LogP contribution in [0.5, 0.6) is 11.5 Å². The van der Waals surface area contributed by atoms with E-state index in [9.17, 15) is 4.79 Å². The molecular weight excluding hydrogens is 552 g/mol. The van der Waals surface area contributed by atoms with Crippen molar-refractivity contribution in [2.24, 2.45) is 5.10 Å². The average Bonchev–Trinajstić information content (AvgIpc) is 3.30. The number of nitrogens with one attached hydrogen (secondary N) is 1. The number of hydrazone groups is 1. The third kappa shape index (κ3) is 6.25. The fourth-order valence-corrected chi connectivity index (χ4v) is 4.40. The molecule has 0 saturated heterocycles. The Morgan fingerprint density at radius 3 is 2.54 bits per heavy atom. The van der Waals surface area contributed by atoms with Crippen LogP contribution in [0, 0.1) is 0 Å². The van der Waals surface area contributed by atoms with Crippen LogP contribution in [-0.2, 0) is 0 Å². The van der Waals surface area contributed by atoms with Gasteiger partial charge in [0.1, 0.15) is 0 Å². The summed E-state index contributed by atoms with van der Waals surface area (Å²) >= 11 is 25.5. The van der Waals surface area contributed by atoms with Crippen molar-refractivity contribution >= 4 is 75.1 Å². The summed E-state index contributed by atoms with van der Waals surface area (Å²) in [5.41, 5.74) is 5.35. The molecular formula is C24H15Cl4N3O3S. The van der Waals surface area contributed by atoms with E-state index in [4.69, 9.17) is 55.9 Å². The Bertz CT molecular complexity index is 1430. The van der Waals surface area contributed by atoms with Crippen LogP contribution in [0.3, 0.4) is 0 Å². The molecule has 0 bridgehead atoms. The molecule has 0 radical (unpaired) electrons. The number of aromatic nitrogens is 1. The van der Waals surface area contributed by atoms with E-state index in [0.29, 0.717) is 37.2 Å². The zero-order valence-corrected chi connectivity index (χ0v) is 21.7. The van der Waals surface area contributed by atoms with Gasteiger partial charge in [-0.25, -0.2) is 9.78 Å². The Kier molecular flexibility index (Phi) is 8.15. The fraction of sp³-hybridized carbons (Fsp3) is 0.0417. The van der Waals surface area contributed by atoms with Crippen LogP contribution in [-0.4, -0.2) is 24.3 Å². The van der Waals surface area contributed by atoms with Gasteiger partial charge in [0.05, 0.1) is 39.6 Å². The quantitative estimate of drug-likeness (QED) is 0.106. The van der Waals surface area contributed by atoms with Crippen LogP contribution < -0.4 is 14.9 Å². The Labute approximate surface area is 225 Å². The highest BCUT2D eigenvalue weighted by Gasteiger charge is 2.14. The summed E-state index contributed by atoms with van der Waals surface area (Å²) in [6.07, 6.45) is 1.59. The number of carbonyl (C=O) groups excluding carboxylic acids is 1. The summed E-state index contributed by atoms with van der Waals surface area (Å²) in [5, 5.41) is 8.35. The van der Waals surface area contributed by atoms with E-state index in [1.54, 1.807) is 36.5 Å². The third-order valence-electron chi connectivity index (χ3n) is 4.63. The number of carbonyl (C=O) groups is 1. The summed E-state index contributed by atoms with van der Waals surface area (Å²) in [6.45, 7) is 0. The lowest BCUT2D eigenvalue weighted by Crippen LogP contribution is -2.09. The van der Waals surface area contributed by atoms with Crippen molar-refractivity contribution in [1.82, 2.24) is 4.98 Å². The standard InChI is InChI=1S/C24H15Cl4N3O3S/c1-33-22-8-13(2-7-21(22)34-23(32)14-3-6-17(26)19(28)9-14)11-29-31-24-30-20(12-35-24)16-5-4-15(25)10-18(16)27/h2-12H,1H3,(H,30,31)/b29-11-. The SMILES string of the molecule is COc1cc(/C=N\Nc2nc(-c3ccc(Cl)cc3Cl)cs2)ccc1OC(=O)c1ccc(Cl)c(Cl)c1. The number of esters is 1. The molecule has 0 fully saturated rings. The molecule has 35 heavy (non-hydrogen) atoms. The second kappa shape index (κ2) is 11.3. The molecule has 0 spiro atoms. The first-order valence-electron chi connectivity index (χ1n) is 9.89. The first-order valence-corrected chi connectivity index (χ1v) is 12.3. The molecule has 1 N–H and O–H groups in total. The first kappa shape index (κ1) is 25.3. The van der Waals surface area contributed by atoms with Crippen LogP contribution in [0.15, 0.2) is 65.1 Å². The van der Waals surface area contributed by atoms with Crippen LogP contribution in [0.1, 0.15) is 15.9 Å². The first-order chi connectivity index (χ1) is 16.8. The maximum Gasteiger partial charge on any atom is 0.343 e. The maximum atomic E-state index is 12.5. The van der Waals surface area contributed by atoms with Crippen molar-refractivity contribution in [1.29, 1.82) is 0 Å². The molecule has 0 aliphatic heterocycles. The number of hydrogen-bond donors (Lipinski definition) is 1. The molecule has 0 aliphatic rings. The van der Waals surface area contributed by atoms with Gasteiger partial charge in [0.25, 0.3) is 0 Å². The highest BCUT2D eigenvalue weighted by molar-refractivity contribution is 7.14. The molecule has 0 saturated carbocycles. The maximum absolute atomic E-state index is 12.5. The molecule has 0 unspecified atom stereocenters. The number of halogens is 4. The zero-order chi connectivity index (χ0) is 24.9. The van der Waals surface area contributed by atoms with E-state index in [1.807, 2.05) is 11.4 Å². The second-order valence-electron chi connectivity index (χ2n) is 6.96. The minimum absolute atomic E-state index is 0.248. The van der Waals surface area contributed by atoms with Gasteiger partial charge in [-0.15, -0.1) is 11.3 Å². The van der Waals surface area contributed by atoms with Crippen LogP contribution in [0.2, 0.25) is 20.1 Å². The van der Waals surface area contributed by atoms with Crippen molar-refractivity contribution in [2.75, 3.05) is 12.5 Å². The zero-order valence-electron chi connectivity index (χ0n) is 17.9. The number of anilines is 1. The fourth-order valence-electron chi connectivity index (χ4n) is 2.94. The highest BCUT2D eigenvalue weighted by Crippen LogP contribution is 2.33. The van der Waals surface area contributed by atoms with Crippen LogP contribution >= 0.6 is 57.7 Å². The number of ether oxygens (including phenoxy) is 2. The van der Waals surface area contributed by atoms with Crippen molar-refractivity contribution in [3.63, 3.8) is 0 Å². The Morgan fingerprint density at radius 2 is 1.80 bits per heavy atom. The molecule has 1 heterocycles. The molecule has 1 aromatic heterocycles. The van der Waals surface area contributed by atoms with Gasteiger partial charge in [0.15, 0.2) is 11.5 Å². The topological polar surface area (TPSA) is 72.8 Å². The largest absolute Gasteiger partial charge is 0.493 e. The summed E-state index contributed by atoms with van der Waals surface area (Å²) in [5.74, 6) is 0.0136. The number of nitrogens with zero attached hydrogens (tertiary/aromatic N) is 2. The van der Waals surface area contributed by atoms with Gasteiger partial charge in [-0.2, -0.15) is 5.10 Å². The number of methoxy groups -OCH3 is 1. The summed E-state index contributed by atoms with van der Waals surface area (Å²) in [6, 6.07) is 14.8. The average molecular weight is 567 g/mol. The summed E-state index contributed by atoms with van der Waals surface area (Å²) in [4.78, 5) is 17.0. The smallest absolute Gasteiger partial charge is 0.343 e. The van der Waals surface area contributed by atoms with Gasteiger partial charge < -0.3 is 9.47 Å². The molecule has 3 aromatic carbocycles. The molecule has 0 atom stereocenters. The lowest BCUT2D eigenvalue weighted by Gasteiger charge is -2.10. The summed E-state index contributed by atoms with van der Waals surface area (Å²) < 4.78 is 10.8. The van der Waals surface area contributed by atoms with E-state index in [-0.39, 0.29) is 16.3 Å². The molecule has 4 rings (SSSR count). The monoisotopic (exact) mass is 565 g/mol. The Hall–Kier alpha value is -2.81. The predicted octanol–water partition coefficient (Wildman–Crippen LogP) is 8.10. The van der Waals surface area contributed by atoms with Crippen molar-refractivity contribution in [3.8, 4) is 22.8 Å². The minimum atomic E-state index is -0.592. The Morgan fingerprint density at radius 1 is 0.971 bits per heavy atom. The molecule has 0 amide bonds. The number of rotatable bonds is 7. The van der Waals surface area contributed by atoms with Gasteiger partial charge >= 0.3 is 5.97 Å². The van der Waals surface area contributed by atoms with Crippen molar-refractivity contribution < 1.29 is 14.3 Å². The van der Waals surface area contributed by atoms with E-state index in [2.05, 4.69) is 15.5 Å². The van der Waals surface area contributed by atoms with E-state index in [0.717, 1.165) is 5.56 Å². The number of hydrogen-bond acceptors (Lipinski definition) is 7. The van der Waals surface area contributed by atoms with Crippen molar-refractivity contribution in [2.45, 2.75) is 0 Å². The van der Waals surface area contributed by atoms with Crippen LogP contribution in [0.25, 0.3) is 11.3 Å². The normalized spacial score (nSPS) is 11.0. The third-order valence-corrected chi connectivity index (χ3v) is 6.66. The molecule has 4 aromatic rings. The minimum Gasteiger partial charge on any atom is -0.493 e. The lowest BCUT2D eigenvalue weighted by atomic mass is 10.2. The van der Waals surface area contributed by atoms with Gasteiger partial charge in [0.2, 0.25) is 5.13 Å². The van der Waals surface area contributed by atoms with E-state index < -0.39 is 5.97 Å². The molecule has 0 aliphatic carbocycles. The number of benzene rings is 3. The van der Waals surface area contributed by atoms with Crippen LogP contribution in [0.4, 0.5) is 5.13 Å². The summed E-state index contributed by atoms with van der Waals surface area (Å²) in [7, 11) is 1.48. The highest BCUT2D eigenvalue weighted by atomic mass is 35.5. The molecule has 11 heteroatoms. The van der Waals surface area contributed by atoms with E-state index in [1.165, 1.54) is 36.6 Å². The number of thiazole rings is 1. The molecule has 6 nitrogen and oxygen atoms in total.